The maximum Gasteiger partial charge on any atom is 0.266 e. The van der Waals surface area contributed by atoms with Crippen LogP contribution in [0.15, 0.2) is 24.3 Å². The minimum absolute atomic E-state index is 0. The largest absolute Gasteiger partial charge is 0.494 e. The van der Waals surface area contributed by atoms with Crippen molar-refractivity contribution in [2.24, 2.45) is 0 Å². The summed E-state index contributed by atoms with van der Waals surface area (Å²) < 4.78 is 5.47. The van der Waals surface area contributed by atoms with Crippen molar-refractivity contribution in [2.75, 3.05) is 26.2 Å². The van der Waals surface area contributed by atoms with Gasteiger partial charge in [0.15, 0.2) is 0 Å². The third kappa shape index (κ3) is 4.88. The molecule has 8 heteroatoms. The molecule has 3 rings (SSSR count). The molecule has 2 aromatic rings. The van der Waals surface area contributed by atoms with E-state index in [1.54, 1.807) is 0 Å². The summed E-state index contributed by atoms with van der Waals surface area (Å²) in [5, 5.41) is 4.19. The Balaban J connectivity index is 0.00000169. The fraction of sp³-hybridized carbons (Fsp3) is 0.444. The minimum Gasteiger partial charge on any atom is -0.494 e. The van der Waals surface area contributed by atoms with Gasteiger partial charge in [-0.05, 0) is 45.0 Å². The summed E-state index contributed by atoms with van der Waals surface area (Å²) in [7, 11) is 0. The molecule has 0 saturated carbocycles. The Morgan fingerprint density at radius 1 is 1.35 bits per heavy atom. The van der Waals surface area contributed by atoms with E-state index in [2.05, 4.69) is 17.2 Å². The van der Waals surface area contributed by atoms with Crippen LogP contribution in [0.2, 0.25) is 0 Å². The first-order valence-electron chi connectivity index (χ1n) is 8.32. The van der Waals surface area contributed by atoms with Gasteiger partial charge < -0.3 is 15.0 Å². The Morgan fingerprint density at radius 3 is 2.65 bits per heavy atom. The van der Waals surface area contributed by atoms with E-state index in [1.807, 2.05) is 43.0 Å². The van der Waals surface area contributed by atoms with Crippen molar-refractivity contribution in [1.29, 1.82) is 0 Å². The van der Waals surface area contributed by atoms with Gasteiger partial charge in [-0.2, -0.15) is 0 Å². The lowest BCUT2D eigenvalue weighted by molar-refractivity contribution is 0.0660. The van der Waals surface area contributed by atoms with Gasteiger partial charge >= 0.3 is 0 Å². The summed E-state index contributed by atoms with van der Waals surface area (Å²) in [5.41, 5.74) is 1.82. The number of rotatable bonds is 4. The highest BCUT2D eigenvalue weighted by Crippen LogP contribution is 2.30. The number of benzene rings is 1. The van der Waals surface area contributed by atoms with Crippen LogP contribution in [-0.4, -0.2) is 48.1 Å². The molecule has 0 spiro atoms. The molecular formula is C18H25Cl2N3O2S. The maximum absolute atomic E-state index is 12.9. The van der Waals surface area contributed by atoms with Gasteiger partial charge in [-0.15, -0.1) is 36.2 Å². The van der Waals surface area contributed by atoms with Gasteiger partial charge in [0, 0.05) is 31.2 Å². The predicted molar refractivity (Wildman–Crippen MR) is 111 cm³/mol. The zero-order valence-electron chi connectivity index (χ0n) is 15.2. The van der Waals surface area contributed by atoms with E-state index >= 15 is 0 Å². The first-order valence-corrected chi connectivity index (χ1v) is 9.14. The summed E-state index contributed by atoms with van der Waals surface area (Å²) in [5.74, 6) is 0.941. The van der Waals surface area contributed by atoms with Crippen LogP contribution in [0.4, 0.5) is 0 Å². The normalized spacial score (nSPS) is 16.4. The number of ether oxygens (including phenoxy) is 1. The molecule has 1 aromatic heterocycles. The summed E-state index contributed by atoms with van der Waals surface area (Å²) in [6, 6.07) is 8.07. The Bertz CT molecular complexity index is 722. The van der Waals surface area contributed by atoms with Crippen molar-refractivity contribution in [3.05, 3.63) is 34.8 Å². The predicted octanol–water partition coefficient (Wildman–Crippen LogP) is 3.79. The van der Waals surface area contributed by atoms with Crippen LogP contribution >= 0.6 is 36.2 Å². The van der Waals surface area contributed by atoms with Crippen LogP contribution in [0.5, 0.6) is 5.75 Å². The summed E-state index contributed by atoms with van der Waals surface area (Å²) in [4.78, 5) is 20.2. The van der Waals surface area contributed by atoms with Crippen LogP contribution < -0.4 is 10.1 Å². The Kier molecular flexibility index (Phi) is 8.83. The van der Waals surface area contributed by atoms with Crippen molar-refractivity contribution in [3.8, 4) is 16.3 Å². The van der Waals surface area contributed by atoms with Gasteiger partial charge in [0.05, 0.1) is 12.3 Å². The monoisotopic (exact) mass is 417 g/mol. The molecule has 26 heavy (non-hydrogen) atoms. The van der Waals surface area contributed by atoms with E-state index in [0.717, 1.165) is 46.5 Å². The highest BCUT2D eigenvalue weighted by Gasteiger charge is 2.27. The number of thiazole rings is 1. The molecule has 5 nitrogen and oxygen atoms in total. The lowest BCUT2D eigenvalue weighted by Crippen LogP contribution is -2.52. The average Bonchev–Trinajstić information content (AvgIpc) is 2.97. The molecule has 1 atom stereocenters. The number of carbonyl (C=O) groups excluding carboxylic acids is 1. The first kappa shape index (κ1) is 22.7. The van der Waals surface area contributed by atoms with Crippen LogP contribution in [0.25, 0.3) is 10.6 Å². The van der Waals surface area contributed by atoms with E-state index in [0.29, 0.717) is 6.61 Å². The Labute approximate surface area is 171 Å². The molecule has 2 heterocycles. The summed E-state index contributed by atoms with van der Waals surface area (Å²) in [6.45, 7) is 9.04. The van der Waals surface area contributed by atoms with Gasteiger partial charge in [0.25, 0.3) is 5.91 Å². The molecule has 1 aliphatic rings. The molecule has 1 aromatic carbocycles. The number of hydrogen-bond acceptors (Lipinski definition) is 5. The average molecular weight is 418 g/mol. The van der Waals surface area contributed by atoms with Crippen molar-refractivity contribution in [3.63, 3.8) is 0 Å². The third-order valence-electron chi connectivity index (χ3n) is 4.17. The molecule has 1 fully saturated rings. The Morgan fingerprint density at radius 2 is 2.04 bits per heavy atom. The number of aryl methyl sites for hydroxylation is 1. The zero-order valence-corrected chi connectivity index (χ0v) is 17.6. The van der Waals surface area contributed by atoms with Gasteiger partial charge in [-0.1, -0.05) is 0 Å². The van der Waals surface area contributed by atoms with E-state index in [1.165, 1.54) is 11.3 Å². The molecule has 1 amide bonds. The number of carbonyl (C=O) groups is 1. The molecule has 1 aliphatic heterocycles. The van der Waals surface area contributed by atoms with Crippen molar-refractivity contribution < 1.29 is 9.53 Å². The van der Waals surface area contributed by atoms with Gasteiger partial charge in [0.2, 0.25) is 0 Å². The number of hydrogen-bond donors (Lipinski definition) is 1. The zero-order chi connectivity index (χ0) is 17.1. The number of piperazine rings is 1. The van der Waals surface area contributed by atoms with Gasteiger partial charge in [0.1, 0.15) is 15.6 Å². The Hall–Kier alpha value is -1.34. The first-order chi connectivity index (χ1) is 11.6. The molecule has 0 radical (unpaired) electrons. The van der Waals surface area contributed by atoms with Crippen molar-refractivity contribution >= 4 is 42.1 Å². The summed E-state index contributed by atoms with van der Waals surface area (Å²) in [6.07, 6.45) is 0. The topological polar surface area (TPSA) is 54.5 Å². The van der Waals surface area contributed by atoms with Crippen molar-refractivity contribution in [1.82, 2.24) is 15.2 Å². The summed E-state index contributed by atoms with van der Waals surface area (Å²) >= 11 is 1.47. The molecular weight excluding hydrogens is 393 g/mol. The van der Waals surface area contributed by atoms with Crippen LogP contribution in [0.1, 0.15) is 29.2 Å². The van der Waals surface area contributed by atoms with E-state index in [4.69, 9.17) is 4.74 Å². The SMILES string of the molecule is CCOc1ccc(-c2nc(C)c(C(=O)N3CCNC[C@@H]3C)s2)cc1.Cl.Cl. The lowest BCUT2D eigenvalue weighted by Gasteiger charge is -2.33. The van der Waals surface area contributed by atoms with Crippen molar-refractivity contribution in [2.45, 2.75) is 26.8 Å². The molecule has 0 bridgehead atoms. The standard InChI is InChI=1S/C18H23N3O2S.2ClH/c1-4-23-15-7-5-14(6-8-15)17-20-13(3)16(24-17)18(22)21-10-9-19-11-12(21)2;;/h5-8,12,19H,4,9-11H2,1-3H3;2*1H/t12-;;/m0../s1. The highest BCUT2D eigenvalue weighted by molar-refractivity contribution is 7.17. The number of nitrogens with one attached hydrogen (secondary N) is 1. The lowest BCUT2D eigenvalue weighted by atomic mass is 10.2. The second-order valence-electron chi connectivity index (χ2n) is 5.94. The third-order valence-corrected chi connectivity index (χ3v) is 5.36. The van der Waals surface area contributed by atoms with E-state index in [-0.39, 0.29) is 36.8 Å². The smallest absolute Gasteiger partial charge is 0.266 e. The highest BCUT2D eigenvalue weighted by atomic mass is 35.5. The fourth-order valence-corrected chi connectivity index (χ4v) is 3.88. The number of aromatic nitrogens is 1. The van der Waals surface area contributed by atoms with Gasteiger partial charge in [-0.3, -0.25) is 4.79 Å². The second kappa shape index (κ2) is 10.1. The molecule has 1 saturated heterocycles. The van der Waals surface area contributed by atoms with Crippen LogP contribution in [0, 0.1) is 6.92 Å². The van der Waals surface area contributed by atoms with E-state index in [9.17, 15) is 4.79 Å². The molecule has 0 unspecified atom stereocenters. The van der Waals surface area contributed by atoms with Gasteiger partial charge in [-0.25, -0.2) is 4.98 Å². The number of amides is 1. The maximum atomic E-state index is 12.9. The fourth-order valence-electron chi connectivity index (χ4n) is 2.85. The minimum atomic E-state index is 0. The molecule has 0 aliphatic carbocycles. The van der Waals surface area contributed by atoms with E-state index < -0.39 is 0 Å². The number of nitrogens with zero attached hydrogens (tertiary/aromatic N) is 2. The van der Waals surface area contributed by atoms with Crippen LogP contribution in [0.3, 0.4) is 0 Å². The number of halogens is 2. The van der Waals surface area contributed by atoms with Crippen LogP contribution in [-0.2, 0) is 0 Å². The molecule has 144 valence electrons. The quantitative estimate of drug-likeness (QED) is 0.821. The molecule has 1 N–H and O–H groups in total. The second-order valence-corrected chi connectivity index (χ2v) is 6.94.